The number of hydrogen-bond donors (Lipinski definition) is 8. The number of aliphatic hydroxyl groups is 8. The molecule has 64 heavy (non-hydrogen) atoms. The minimum atomic E-state index is -1.91. The van der Waals surface area contributed by atoms with Crippen molar-refractivity contribution in [3.63, 3.8) is 0 Å². The zero-order valence-corrected chi connectivity index (χ0v) is 37.2. The summed E-state index contributed by atoms with van der Waals surface area (Å²) < 4.78 is 27.5. The van der Waals surface area contributed by atoms with Gasteiger partial charge in [-0.2, -0.15) is 0 Å². The molecule has 0 aliphatic rings. The number of aliphatic hydroxyl groups excluding tert-OH is 6. The maximum Gasteiger partial charge on any atom is 0.148 e. The predicted octanol–water partition coefficient (Wildman–Crippen LogP) is 5.56. The zero-order chi connectivity index (χ0) is 46.8. The molecule has 0 spiro atoms. The first kappa shape index (κ1) is 49.0. The Morgan fingerprint density at radius 2 is 0.812 bits per heavy atom. The van der Waals surface area contributed by atoms with Crippen molar-refractivity contribution in [3.8, 4) is 28.7 Å². The van der Waals surface area contributed by atoms with Crippen LogP contribution in [0.2, 0.25) is 0 Å². The highest BCUT2D eigenvalue weighted by atomic mass is 16.5. The Bertz CT molecular complexity index is 2450. The van der Waals surface area contributed by atoms with Crippen LogP contribution in [0.3, 0.4) is 0 Å². The van der Waals surface area contributed by atoms with Crippen molar-refractivity contribution in [2.75, 3.05) is 35.5 Å². The molecule has 6 aromatic carbocycles. The van der Waals surface area contributed by atoms with Gasteiger partial charge < -0.3 is 64.5 Å². The van der Waals surface area contributed by atoms with Crippen LogP contribution < -0.4 is 23.7 Å². The molecule has 13 nitrogen and oxygen atoms in total. The van der Waals surface area contributed by atoms with Gasteiger partial charge in [0, 0.05) is 22.8 Å². The molecule has 0 radical (unpaired) electrons. The summed E-state index contributed by atoms with van der Waals surface area (Å²) in [5.41, 5.74) is 3.70. The van der Waals surface area contributed by atoms with Gasteiger partial charge >= 0.3 is 0 Å². The van der Waals surface area contributed by atoms with Gasteiger partial charge in [-0.1, -0.05) is 60.7 Å². The van der Waals surface area contributed by atoms with Crippen LogP contribution in [0.15, 0.2) is 103 Å². The average Bonchev–Trinajstić information content (AvgIpc) is 3.34. The van der Waals surface area contributed by atoms with E-state index in [9.17, 15) is 40.9 Å². The molecule has 0 heterocycles. The van der Waals surface area contributed by atoms with Crippen LogP contribution in [0.1, 0.15) is 77.9 Å². The molecule has 6 rings (SSSR count). The van der Waals surface area contributed by atoms with Crippen LogP contribution in [-0.4, -0.2) is 76.4 Å². The first-order valence-electron chi connectivity index (χ1n) is 20.4. The molecule has 0 amide bonds. The Morgan fingerprint density at radius 1 is 0.375 bits per heavy atom. The van der Waals surface area contributed by atoms with Crippen molar-refractivity contribution < 1.29 is 64.5 Å². The molecule has 0 fully saturated rings. The maximum absolute atomic E-state index is 12.6. The third-order valence-corrected chi connectivity index (χ3v) is 11.4. The molecule has 2 atom stereocenters. The smallest absolute Gasteiger partial charge is 0.148 e. The molecule has 0 aliphatic carbocycles. The Morgan fingerprint density at radius 3 is 1.30 bits per heavy atom. The second-order valence-electron chi connectivity index (χ2n) is 15.1. The number of ether oxygens (including phenoxy) is 5. The van der Waals surface area contributed by atoms with Crippen LogP contribution in [0.25, 0.3) is 0 Å². The van der Waals surface area contributed by atoms with E-state index in [0.29, 0.717) is 84.2 Å². The van der Waals surface area contributed by atoms with E-state index in [-0.39, 0.29) is 37.7 Å². The fraction of sp³-hybridized carbons (Fsp3) is 0.294. The van der Waals surface area contributed by atoms with Crippen LogP contribution in [0.5, 0.6) is 28.7 Å². The monoisotopic (exact) mass is 878 g/mol. The molecule has 0 saturated carbocycles. The van der Waals surface area contributed by atoms with Crippen LogP contribution in [0, 0.1) is 13.8 Å². The Hall–Kier alpha value is -6.00. The van der Waals surface area contributed by atoms with Crippen molar-refractivity contribution in [3.05, 3.63) is 181 Å². The molecule has 340 valence electrons. The molecule has 6 aromatic rings. The van der Waals surface area contributed by atoms with Gasteiger partial charge in [0.15, 0.2) is 0 Å². The lowest BCUT2D eigenvalue weighted by molar-refractivity contribution is 0.112. The summed E-state index contributed by atoms with van der Waals surface area (Å²) in [5.74, 6) is 2.36. The minimum Gasteiger partial charge on any atom is -0.497 e. The zero-order valence-electron chi connectivity index (χ0n) is 37.2. The van der Waals surface area contributed by atoms with Crippen LogP contribution >= 0.6 is 0 Å². The minimum absolute atomic E-state index is 0.168. The average molecular weight is 879 g/mol. The van der Waals surface area contributed by atoms with E-state index in [1.807, 2.05) is 26.0 Å². The number of benzene rings is 6. The van der Waals surface area contributed by atoms with E-state index in [0.717, 1.165) is 11.1 Å². The Labute approximate surface area is 373 Å². The highest BCUT2D eigenvalue weighted by molar-refractivity contribution is 5.62. The summed E-state index contributed by atoms with van der Waals surface area (Å²) >= 11 is 0. The topological polar surface area (TPSA) is 208 Å². The van der Waals surface area contributed by atoms with E-state index in [4.69, 9.17) is 23.7 Å². The van der Waals surface area contributed by atoms with Crippen LogP contribution in [-0.2, 0) is 50.8 Å². The number of aryl methyl sites for hydroxylation is 2. The van der Waals surface area contributed by atoms with Gasteiger partial charge in [-0.25, -0.2) is 0 Å². The van der Waals surface area contributed by atoms with Crippen LogP contribution in [0.4, 0.5) is 0 Å². The molecule has 0 saturated heterocycles. The Kier molecular flexibility index (Phi) is 16.5. The van der Waals surface area contributed by atoms with Crippen molar-refractivity contribution >= 4 is 0 Å². The largest absolute Gasteiger partial charge is 0.497 e. The van der Waals surface area contributed by atoms with E-state index in [1.165, 1.54) is 21.3 Å². The number of hydrogen-bond acceptors (Lipinski definition) is 13. The lowest BCUT2D eigenvalue weighted by Gasteiger charge is -2.35. The predicted molar refractivity (Wildman–Crippen MR) is 241 cm³/mol. The summed E-state index contributed by atoms with van der Waals surface area (Å²) in [7, 11) is 7.62. The normalized spacial score (nSPS) is 12.9. The maximum atomic E-state index is 12.6. The van der Waals surface area contributed by atoms with Crippen molar-refractivity contribution in [2.24, 2.45) is 0 Å². The molecular formula is C51H58O13. The third kappa shape index (κ3) is 9.58. The number of methoxy groups -OCH3 is 5. The fourth-order valence-electron chi connectivity index (χ4n) is 8.20. The summed E-state index contributed by atoms with van der Waals surface area (Å²) in [4.78, 5) is 0. The van der Waals surface area contributed by atoms with Crippen molar-refractivity contribution in [1.29, 1.82) is 0 Å². The quantitative estimate of drug-likeness (QED) is 0.0530. The molecule has 8 N–H and O–H groups in total. The van der Waals surface area contributed by atoms with Crippen molar-refractivity contribution in [2.45, 2.75) is 64.7 Å². The lowest BCUT2D eigenvalue weighted by Crippen LogP contribution is -2.33. The van der Waals surface area contributed by atoms with Gasteiger partial charge in [0.2, 0.25) is 0 Å². The SMILES string of the molecule is COc1cc(C)ccc1C(O)(c1ccc(CO)cc1CO)c1c(CO)cc(CO)cc1OC.COc1ccc(C(O)(c2ccc(CO)cc2CO)c2ccc(OC)cc2OC)c(C)c1. The molecular weight excluding hydrogens is 821 g/mol. The third-order valence-electron chi connectivity index (χ3n) is 11.4. The Balaban J connectivity index is 0.000000241. The van der Waals surface area contributed by atoms with Gasteiger partial charge in [0.25, 0.3) is 0 Å². The van der Waals surface area contributed by atoms with Gasteiger partial charge in [-0.15, -0.1) is 0 Å². The number of rotatable bonds is 17. The molecule has 0 aliphatic heterocycles. The lowest BCUT2D eigenvalue weighted by atomic mass is 9.75. The fourth-order valence-corrected chi connectivity index (χ4v) is 8.20. The molecule has 0 aromatic heterocycles. The molecule has 13 heteroatoms. The second kappa shape index (κ2) is 21.6. The van der Waals surface area contributed by atoms with E-state index >= 15 is 0 Å². The van der Waals surface area contributed by atoms with E-state index in [1.54, 1.807) is 105 Å². The summed E-state index contributed by atoms with van der Waals surface area (Å²) in [6.45, 7) is 1.98. The molecule has 0 bridgehead atoms. The van der Waals surface area contributed by atoms with Crippen molar-refractivity contribution in [1.82, 2.24) is 0 Å². The first-order valence-corrected chi connectivity index (χ1v) is 20.4. The molecule has 2 unspecified atom stereocenters. The summed E-state index contributed by atoms with van der Waals surface area (Å²) in [6, 6.07) is 29.3. The van der Waals surface area contributed by atoms with E-state index < -0.39 is 24.4 Å². The van der Waals surface area contributed by atoms with Gasteiger partial charge in [0.1, 0.15) is 39.9 Å². The highest BCUT2D eigenvalue weighted by Crippen LogP contribution is 2.49. The highest BCUT2D eigenvalue weighted by Gasteiger charge is 2.43. The summed E-state index contributed by atoms with van der Waals surface area (Å²) in [5, 5.41) is 84.3. The summed E-state index contributed by atoms with van der Waals surface area (Å²) in [6.07, 6.45) is 0. The van der Waals surface area contributed by atoms with Gasteiger partial charge in [-0.3, -0.25) is 0 Å². The van der Waals surface area contributed by atoms with Gasteiger partial charge in [0.05, 0.1) is 75.2 Å². The first-order chi connectivity index (χ1) is 30.8. The van der Waals surface area contributed by atoms with E-state index in [2.05, 4.69) is 0 Å². The standard InChI is InChI=1S/C26H30O7.C25H28O6/c1-16-4-6-22(23(8-16)32-2)26(31,21-7-5-17(12-27)9-19(21)14-29)25-20(15-30)10-18(13-28)11-24(25)33-3;1-16-11-19(29-2)6-9-21(16)25(28,22-8-5-17(14-26)12-18(22)15-27)23-10-7-20(30-3)13-24(23)31-4/h4-11,27-31H,12-15H2,1-3H3;5-13,26-28H,14-15H2,1-4H3. The van der Waals surface area contributed by atoms with Gasteiger partial charge in [-0.05, 0) is 111 Å². The second-order valence-corrected chi connectivity index (χ2v) is 15.1.